The quantitative estimate of drug-likeness (QED) is 0.165. The summed E-state index contributed by atoms with van der Waals surface area (Å²) in [5.74, 6) is 0. The van der Waals surface area contributed by atoms with Gasteiger partial charge in [-0.1, -0.05) is 125 Å². The molecule has 0 unspecified atom stereocenters. The van der Waals surface area contributed by atoms with E-state index in [2.05, 4.69) is 143 Å². The molecule has 5 aromatic carbocycles. The van der Waals surface area contributed by atoms with Gasteiger partial charge in [0, 0.05) is 19.9 Å². The molecule has 5 aromatic rings. The molecule has 172 valence electrons. The van der Waals surface area contributed by atoms with Crippen molar-refractivity contribution in [3.8, 4) is 33.4 Å². The Morgan fingerprint density at radius 1 is 0.500 bits per heavy atom. The van der Waals surface area contributed by atoms with Crippen LogP contribution in [0.2, 0.25) is 0 Å². The summed E-state index contributed by atoms with van der Waals surface area (Å²) >= 11 is 7.92. The summed E-state index contributed by atoms with van der Waals surface area (Å²) in [6.45, 7) is 4.79. The number of benzene rings is 5. The van der Waals surface area contributed by atoms with Crippen LogP contribution in [0.3, 0.4) is 0 Å². The third-order valence-corrected chi connectivity index (χ3v) is 9.90. The highest BCUT2D eigenvalue weighted by Gasteiger charge is 2.54. The predicted octanol–water partition coefficient (Wildman–Crippen LogP) is 9.86. The Hall–Kier alpha value is -2.94. The second-order valence-corrected chi connectivity index (χ2v) is 12.5. The molecule has 0 N–H and O–H groups in total. The lowest BCUT2D eigenvalue weighted by atomic mass is 9.70. The van der Waals surface area contributed by atoms with Crippen LogP contribution in [0.5, 0.6) is 0 Å². The standard InChI is InChI=1S/C34H22Br2/c1-33(2)24-12-6-5-11-22(24)31-29(36)18-28-30(32(31)33)23-16-15-19(35)17-27(23)34(28)25-13-7-3-9-20(25)21-10-4-8-14-26(21)34/h3-18H,1-2H3. The summed E-state index contributed by atoms with van der Waals surface area (Å²) in [5.41, 5.74) is 16.0. The van der Waals surface area contributed by atoms with Crippen molar-refractivity contribution in [1.29, 1.82) is 0 Å². The van der Waals surface area contributed by atoms with Crippen molar-refractivity contribution >= 4 is 31.9 Å². The summed E-state index contributed by atoms with van der Waals surface area (Å²) in [6.07, 6.45) is 0. The Kier molecular flexibility index (Phi) is 4.05. The molecular formula is C34H22Br2. The monoisotopic (exact) mass is 588 g/mol. The van der Waals surface area contributed by atoms with Gasteiger partial charge in [-0.05, 0) is 79.4 Å². The third kappa shape index (κ3) is 2.28. The zero-order chi connectivity index (χ0) is 24.4. The van der Waals surface area contributed by atoms with Crippen molar-refractivity contribution in [1.82, 2.24) is 0 Å². The van der Waals surface area contributed by atoms with Gasteiger partial charge >= 0.3 is 0 Å². The topological polar surface area (TPSA) is 0 Å². The SMILES string of the molecule is CC1(C)c2ccccc2-c2c(Br)cc3c(c21)-c1ccc(Br)cc1C31c2ccccc2-c2ccccc21. The first-order chi connectivity index (χ1) is 17.5. The molecule has 2 heteroatoms. The van der Waals surface area contributed by atoms with Gasteiger partial charge in [-0.25, -0.2) is 0 Å². The van der Waals surface area contributed by atoms with Crippen LogP contribution in [0.1, 0.15) is 47.2 Å². The Bertz CT molecular complexity index is 1740. The van der Waals surface area contributed by atoms with Crippen molar-refractivity contribution in [2.45, 2.75) is 24.7 Å². The lowest BCUT2D eigenvalue weighted by molar-refractivity contribution is 0.660. The van der Waals surface area contributed by atoms with Crippen molar-refractivity contribution in [2.24, 2.45) is 0 Å². The Labute approximate surface area is 228 Å². The number of halogens is 2. The van der Waals surface area contributed by atoms with E-state index >= 15 is 0 Å². The van der Waals surface area contributed by atoms with Crippen LogP contribution in [0, 0.1) is 0 Å². The maximum Gasteiger partial charge on any atom is 0.0726 e. The molecule has 0 atom stereocenters. The van der Waals surface area contributed by atoms with Gasteiger partial charge in [0.1, 0.15) is 0 Å². The van der Waals surface area contributed by atoms with Crippen LogP contribution in [-0.2, 0) is 10.8 Å². The van der Waals surface area contributed by atoms with Crippen LogP contribution in [0.25, 0.3) is 33.4 Å². The maximum absolute atomic E-state index is 4.08. The van der Waals surface area contributed by atoms with E-state index in [0.29, 0.717) is 0 Å². The van der Waals surface area contributed by atoms with Crippen molar-refractivity contribution < 1.29 is 0 Å². The van der Waals surface area contributed by atoms with E-state index in [9.17, 15) is 0 Å². The van der Waals surface area contributed by atoms with Gasteiger partial charge in [0.25, 0.3) is 0 Å². The summed E-state index contributed by atoms with van der Waals surface area (Å²) in [4.78, 5) is 0. The molecule has 1 spiro atoms. The van der Waals surface area contributed by atoms with E-state index < -0.39 is 0 Å². The summed E-state index contributed by atoms with van der Waals surface area (Å²) < 4.78 is 2.30. The summed E-state index contributed by atoms with van der Waals surface area (Å²) in [6, 6.07) is 36.3. The zero-order valence-corrected chi connectivity index (χ0v) is 23.2. The second-order valence-electron chi connectivity index (χ2n) is 10.7. The highest BCUT2D eigenvalue weighted by Crippen LogP contribution is 2.67. The number of fused-ring (bicyclic) bond motifs is 14. The van der Waals surface area contributed by atoms with Gasteiger partial charge in [0.15, 0.2) is 0 Å². The van der Waals surface area contributed by atoms with Gasteiger partial charge < -0.3 is 0 Å². The van der Waals surface area contributed by atoms with E-state index in [4.69, 9.17) is 0 Å². The highest BCUT2D eigenvalue weighted by atomic mass is 79.9. The van der Waals surface area contributed by atoms with E-state index in [0.717, 1.165) is 4.47 Å². The summed E-state index contributed by atoms with van der Waals surface area (Å²) in [7, 11) is 0. The molecule has 0 heterocycles. The van der Waals surface area contributed by atoms with Crippen LogP contribution < -0.4 is 0 Å². The fourth-order valence-corrected chi connectivity index (χ4v) is 8.50. The average Bonchev–Trinajstić information content (AvgIpc) is 3.43. The molecule has 36 heavy (non-hydrogen) atoms. The fourth-order valence-electron chi connectivity index (χ4n) is 7.50. The number of rotatable bonds is 0. The van der Waals surface area contributed by atoms with Crippen molar-refractivity contribution in [2.75, 3.05) is 0 Å². The molecule has 0 radical (unpaired) electrons. The first kappa shape index (κ1) is 21.2. The predicted molar refractivity (Wildman–Crippen MR) is 156 cm³/mol. The highest BCUT2D eigenvalue weighted by molar-refractivity contribution is 9.10. The molecule has 0 saturated heterocycles. The number of hydrogen-bond acceptors (Lipinski definition) is 0. The Balaban J connectivity index is 1.61. The lowest BCUT2D eigenvalue weighted by Gasteiger charge is -2.31. The molecule has 3 aliphatic carbocycles. The zero-order valence-electron chi connectivity index (χ0n) is 20.0. The molecule has 0 aromatic heterocycles. The first-order valence-electron chi connectivity index (χ1n) is 12.4. The smallest absolute Gasteiger partial charge is 0.0619 e. The van der Waals surface area contributed by atoms with E-state index in [1.54, 1.807) is 0 Å². The lowest BCUT2D eigenvalue weighted by Crippen LogP contribution is -2.26. The summed E-state index contributed by atoms with van der Waals surface area (Å²) in [5, 5.41) is 0. The minimum absolute atomic E-state index is 0.104. The maximum atomic E-state index is 4.08. The normalized spacial score (nSPS) is 16.2. The van der Waals surface area contributed by atoms with Crippen LogP contribution in [0.15, 0.2) is 106 Å². The van der Waals surface area contributed by atoms with Gasteiger partial charge in [0.05, 0.1) is 5.41 Å². The van der Waals surface area contributed by atoms with Crippen LogP contribution in [-0.4, -0.2) is 0 Å². The van der Waals surface area contributed by atoms with Crippen molar-refractivity contribution in [3.05, 3.63) is 139 Å². The molecule has 0 fully saturated rings. The second kappa shape index (κ2) is 6.88. The van der Waals surface area contributed by atoms with E-state index in [1.165, 1.54) is 71.2 Å². The van der Waals surface area contributed by atoms with Crippen LogP contribution in [0.4, 0.5) is 0 Å². The molecule has 0 aliphatic heterocycles. The fraction of sp³-hybridized carbons (Fsp3) is 0.118. The molecule has 0 bridgehead atoms. The van der Waals surface area contributed by atoms with Gasteiger partial charge in [0.2, 0.25) is 0 Å². The minimum atomic E-state index is -0.343. The number of hydrogen-bond donors (Lipinski definition) is 0. The molecule has 0 amide bonds. The van der Waals surface area contributed by atoms with E-state index in [1.807, 2.05) is 0 Å². The Morgan fingerprint density at radius 3 is 1.72 bits per heavy atom. The molecule has 3 aliphatic rings. The molecule has 8 rings (SSSR count). The average molecular weight is 590 g/mol. The van der Waals surface area contributed by atoms with Gasteiger partial charge in [-0.15, -0.1) is 0 Å². The molecule has 0 saturated carbocycles. The molecular weight excluding hydrogens is 568 g/mol. The van der Waals surface area contributed by atoms with Gasteiger partial charge in [-0.2, -0.15) is 0 Å². The molecule has 0 nitrogen and oxygen atoms in total. The van der Waals surface area contributed by atoms with E-state index in [-0.39, 0.29) is 10.8 Å². The van der Waals surface area contributed by atoms with Crippen LogP contribution >= 0.6 is 31.9 Å². The Morgan fingerprint density at radius 2 is 1.06 bits per heavy atom. The minimum Gasteiger partial charge on any atom is -0.0619 e. The largest absolute Gasteiger partial charge is 0.0726 e. The van der Waals surface area contributed by atoms with Gasteiger partial charge in [-0.3, -0.25) is 0 Å². The third-order valence-electron chi connectivity index (χ3n) is 8.79. The first-order valence-corrected chi connectivity index (χ1v) is 14.0. The van der Waals surface area contributed by atoms with Crippen molar-refractivity contribution in [3.63, 3.8) is 0 Å².